The first kappa shape index (κ1) is 11.0. The molecule has 18 heavy (non-hydrogen) atoms. The molecule has 2 unspecified atom stereocenters. The van der Waals surface area contributed by atoms with E-state index in [1.807, 2.05) is 16.8 Å². The van der Waals surface area contributed by atoms with Crippen LogP contribution in [-0.2, 0) is 6.54 Å². The number of nitrogen functional groups attached to an aromatic ring is 2. The normalized spacial score (nSPS) is 22.1. The molecule has 6 heteroatoms. The Labute approximate surface area is 105 Å². The Bertz CT molecular complexity index is 555. The number of hydrogen-bond donors (Lipinski definition) is 2. The van der Waals surface area contributed by atoms with Gasteiger partial charge in [0.1, 0.15) is 0 Å². The van der Waals surface area contributed by atoms with Crippen LogP contribution in [0.4, 0.5) is 11.4 Å². The minimum absolute atomic E-state index is 0.624. The van der Waals surface area contributed by atoms with E-state index in [1.165, 1.54) is 6.42 Å². The summed E-state index contributed by atoms with van der Waals surface area (Å²) in [5, 5.41) is 11.9. The molecule has 2 atom stereocenters. The highest BCUT2D eigenvalue weighted by molar-refractivity contribution is 5.67. The first-order valence-electron chi connectivity index (χ1n) is 6.06. The maximum atomic E-state index is 5.79. The van der Waals surface area contributed by atoms with Crippen molar-refractivity contribution >= 4 is 11.4 Å². The smallest absolute Gasteiger partial charge is 0.182 e. The molecule has 1 aromatic heterocycles. The molecule has 0 radical (unpaired) electrons. The topological polar surface area (TPSA) is 95.6 Å². The van der Waals surface area contributed by atoms with E-state index in [9.17, 15) is 0 Å². The van der Waals surface area contributed by atoms with Crippen LogP contribution in [0, 0.1) is 11.8 Å². The lowest BCUT2D eigenvalue weighted by atomic mass is 10.1. The molecule has 1 aromatic carbocycles. The van der Waals surface area contributed by atoms with Crippen LogP contribution < -0.4 is 11.5 Å². The third kappa shape index (κ3) is 2.01. The molecule has 0 aliphatic heterocycles. The van der Waals surface area contributed by atoms with E-state index in [-0.39, 0.29) is 0 Å². The van der Waals surface area contributed by atoms with Gasteiger partial charge in [-0.2, -0.15) is 0 Å². The molecule has 94 valence electrons. The van der Waals surface area contributed by atoms with Crippen molar-refractivity contribution in [2.24, 2.45) is 11.8 Å². The van der Waals surface area contributed by atoms with Crippen LogP contribution in [0.5, 0.6) is 0 Å². The summed E-state index contributed by atoms with van der Waals surface area (Å²) in [5.74, 6) is 2.19. The third-order valence-corrected chi connectivity index (χ3v) is 3.45. The maximum absolute atomic E-state index is 5.79. The minimum atomic E-state index is 0.624. The van der Waals surface area contributed by atoms with Crippen molar-refractivity contribution in [3.8, 4) is 11.4 Å². The summed E-state index contributed by atoms with van der Waals surface area (Å²) in [6.45, 7) is 3.10. The second-order valence-corrected chi connectivity index (χ2v) is 5.05. The summed E-state index contributed by atoms with van der Waals surface area (Å²) in [7, 11) is 0. The first-order valence-corrected chi connectivity index (χ1v) is 6.06. The van der Waals surface area contributed by atoms with Gasteiger partial charge in [-0.15, -0.1) is 5.10 Å². The van der Waals surface area contributed by atoms with Crippen molar-refractivity contribution in [3.63, 3.8) is 0 Å². The molecular formula is C12H16N6. The van der Waals surface area contributed by atoms with E-state index >= 15 is 0 Å². The summed E-state index contributed by atoms with van der Waals surface area (Å²) in [6, 6.07) is 5.41. The highest BCUT2D eigenvalue weighted by Gasteiger charge is 2.33. The Kier molecular flexibility index (Phi) is 2.43. The number of hydrogen-bond acceptors (Lipinski definition) is 5. The zero-order valence-corrected chi connectivity index (χ0v) is 10.2. The number of benzene rings is 1. The predicted octanol–water partition coefficient (Wildman–Crippen LogP) is 1.16. The second kappa shape index (κ2) is 3.97. The van der Waals surface area contributed by atoms with Gasteiger partial charge in [0.25, 0.3) is 0 Å². The molecule has 1 aliphatic rings. The lowest BCUT2D eigenvalue weighted by Crippen LogP contribution is -2.06. The van der Waals surface area contributed by atoms with E-state index in [2.05, 4.69) is 22.4 Å². The van der Waals surface area contributed by atoms with Crippen LogP contribution in [0.15, 0.2) is 18.2 Å². The average molecular weight is 244 g/mol. The molecule has 0 saturated heterocycles. The molecule has 1 fully saturated rings. The molecular weight excluding hydrogens is 228 g/mol. The molecule has 1 aliphatic carbocycles. The zero-order valence-electron chi connectivity index (χ0n) is 10.2. The molecule has 6 nitrogen and oxygen atoms in total. The van der Waals surface area contributed by atoms with Gasteiger partial charge in [-0.05, 0) is 46.9 Å². The molecule has 0 spiro atoms. The van der Waals surface area contributed by atoms with Gasteiger partial charge < -0.3 is 11.5 Å². The monoisotopic (exact) mass is 244 g/mol. The fraction of sp³-hybridized carbons (Fsp3) is 0.417. The summed E-state index contributed by atoms with van der Waals surface area (Å²) in [6.07, 6.45) is 1.25. The SMILES string of the molecule is CC1CC1Cn1nnnc1-c1cc(N)cc(N)c1. The van der Waals surface area contributed by atoms with E-state index in [0.29, 0.717) is 17.3 Å². The second-order valence-electron chi connectivity index (χ2n) is 5.05. The van der Waals surface area contributed by atoms with Gasteiger partial charge in [0.15, 0.2) is 5.82 Å². The quantitative estimate of drug-likeness (QED) is 0.790. The molecule has 1 saturated carbocycles. The summed E-state index contributed by atoms with van der Waals surface area (Å²) < 4.78 is 1.84. The molecule has 1 heterocycles. The maximum Gasteiger partial charge on any atom is 0.182 e. The summed E-state index contributed by atoms with van der Waals surface area (Å²) in [5.41, 5.74) is 13.7. The van der Waals surface area contributed by atoms with Crippen LogP contribution in [0.25, 0.3) is 11.4 Å². The van der Waals surface area contributed by atoms with Gasteiger partial charge in [-0.3, -0.25) is 0 Å². The van der Waals surface area contributed by atoms with Crippen molar-refractivity contribution < 1.29 is 0 Å². The zero-order chi connectivity index (χ0) is 12.7. The van der Waals surface area contributed by atoms with Gasteiger partial charge in [-0.1, -0.05) is 6.92 Å². The number of nitrogens with two attached hydrogens (primary N) is 2. The molecule has 2 aromatic rings. The third-order valence-electron chi connectivity index (χ3n) is 3.45. The Morgan fingerprint density at radius 3 is 2.56 bits per heavy atom. The lowest BCUT2D eigenvalue weighted by molar-refractivity contribution is 0.528. The van der Waals surface area contributed by atoms with Crippen LogP contribution in [0.2, 0.25) is 0 Å². The van der Waals surface area contributed by atoms with Crippen molar-refractivity contribution in [2.75, 3.05) is 11.5 Å². The number of aromatic nitrogens is 4. The number of nitrogens with zero attached hydrogens (tertiary/aromatic N) is 4. The molecule has 3 rings (SSSR count). The Hall–Kier alpha value is -2.11. The van der Waals surface area contributed by atoms with E-state index in [0.717, 1.165) is 23.9 Å². The standard InChI is InChI=1S/C12H16N6/c1-7-2-9(7)6-18-12(15-16-17-18)8-3-10(13)5-11(14)4-8/h3-5,7,9H,2,6,13-14H2,1H3. The number of tetrazole rings is 1. The van der Waals surface area contributed by atoms with Crippen molar-refractivity contribution in [2.45, 2.75) is 19.9 Å². The average Bonchev–Trinajstić information content (AvgIpc) is 2.81. The fourth-order valence-corrected chi connectivity index (χ4v) is 2.22. The van der Waals surface area contributed by atoms with Gasteiger partial charge in [0.05, 0.1) is 0 Å². The van der Waals surface area contributed by atoms with Crippen molar-refractivity contribution in [3.05, 3.63) is 18.2 Å². The molecule has 0 amide bonds. The van der Waals surface area contributed by atoms with Crippen molar-refractivity contribution in [1.82, 2.24) is 20.2 Å². The van der Waals surface area contributed by atoms with E-state index < -0.39 is 0 Å². The van der Waals surface area contributed by atoms with Crippen molar-refractivity contribution in [1.29, 1.82) is 0 Å². The summed E-state index contributed by atoms with van der Waals surface area (Å²) >= 11 is 0. The highest BCUT2D eigenvalue weighted by Crippen LogP contribution is 2.39. The first-order chi connectivity index (χ1) is 8.63. The number of rotatable bonds is 3. The van der Waals surface area contributed by atoms with Gasteiger partial charge >= 0.3 is 0 Å². The molecule has 0 bridgehead atoms. The Balaban J connectivity index is 1.93. The minimum Gasteiger partial charge on any atom is -0.399 e. The largest absolute Gasteiger partial charge is 0.399 e. The molecule has 4 N–H and O–H groups in total. The van der Waals surface area contributed by atoms with E-state index in [1.54, 1.807) is 6.07 Å². The Morgan fingerprint density at radius 1 is 1.28 bits per heavy atom. The van der Waals surface area contributed by atoms with Crippen LogP contribution in [-0.4, -0.2) is 20.2 Å². The highest BCUT2D eigenvalue weighted by atomic mass is 15.5. The van der Waals surface area contributed by atoms with Gasteiger partial charge in [0.2, 0.25) is 0 Å². The lowest BCUT2D eigenvalue weighted by Gasteiger charge is -2.05. The van der Waals surface area contributed by atoms with Crippen LogP contribution >= 0.6 is 0 Å². The number of anilines is 2. The van der Waals surface area contributed by atoms with Crippen LogP contribution in [0.3, 0.4) is 0 Å². The van der Waals surface area contributed by atoms with E-state index in [4.69, 9.17) is 11.5 Å². The van der Waals surface area contributed by atoms with Gasteiger partial charge in [-0.25, -0.2) is 4.68 Å². The van der Waals surface area contributed by atoms with Crippen LogP contribution in [0.1, 0.15) is 13.3 Å². The Morgan fingerprint density at radius 2 is 1.94 bits per heavy atom. The predicted molar refractivity (Wildman–Crippen MR) is 69.3 cm³/mol. The van der Waals surface area contributed by atoms with Gasteiger partial charge in [0, 0.05) is 23.5 Å². The fourth-order valence-electron chi connectivity index (χ4n) is 2.22. The summed E-state index contributed by atoms with van der Waals surface area (Å²) in [4.78, 5) is 0.